The lowest BCUT2D eigenvalue weighted by molar-refractivity contribution is 0.0512. The normalized spacial score (nSPS) is 26.2. The number of hydrogen-bond donors (Lipinski definition) is 3. The fraction of sp³-hybridized carbons (Fsp3) is 0.615. The van der Waals surface area contributed by atoms with E-state index in [1.165, 1.54) is 18.1 Å². The smallest absolute Gasteiger partial charge is 0.191 e. The third kappa shape index (κ3) is 2.37. The van der Waals surface area contributed by atoms with E-state index in [9.17, 15) is 10.2 Å². The van der Waals surface area contributed by atoms with Gasteiger partial charge in [-0.15, -0.1) is 0 Å². The van der Waals surface area contributed by atoms with Crippen LogP contribution in [-0.4, -0.2) is 42.6 Å². The maximum atomic E-state index is 10.5. The molecule has 0 radical (unpaired) electrons. The van der Waals surface area contributed by atoms with Crippen molar-refractivity contribution in [2.24, 2.45) is 11.3 Å². The second-order valence-corrected chi connectivity index (χ2v) is 6.50. The first-order valence-corrected chi connectivity index (χ1v) is 8.06. The lowest BCUT2D eigenvalue weighted by Gasteiger charge is -2.19. The van der Waals surface area contributed by atoms with Crippen LogP contribution in [0.2, 0.25) is 0 Å². The van der Waals surface area contributed by atoms with Crippen LogP contribution >= 0.6 is 11.8 Å². The Hall–Kier alpha value is -1.38. The predicted molar refractivity (Wildman–Crippen MR) is 80.7 cm³/mol. The average molecular weight is 309 g/mol. The summed E-state index contributed by atoms with van der Waals surface area (Å²) in [5, 5.41) is 20.6. The number of anilines is 1. The minimum atomic E-state index is -0.781. The van der Waals surface area contributed by atoms with Crippen molar-refractivity contribution in [3.05, 3.63) is 6.33 Å². The molecule has 7 nitrogen and oxygen atoms in total. The van der Waals surface area contributed by atoms with Crippen molar-refractivity contribution in [3.8, 4) is 0 Å². The molecular formula is C13H19N5O2S. The molecule has 1 saturated carbocycles. The van der Waals surface area contributed by atoms with Crippen LogP contribution in [0.3, 0.4) is 0 Å². The number of hydrogen-bond acceptors (Lipinski definition) is 7. The molecule has 0 aromatic carbocycles. The van der Waals surface area contributed by atoms with Crippen LogP contribution in [0.1, 0.15) is 26.0 Å². The van der Waals surface area contributed by atoms with Crippen LogP contribution in [0.15, 0.2) is 11.5 Å². The van der Waals surface area contributed by atoms with Crippen LogP contribution in [0.4, 0.5) is 5.82 Å². The average Bonchev–Trinajstić information content (AvgIpc) is 2.91. The van der Waals surface area contributed by atoms with Gasteiger partial charge in [0.15, 0.2) is 16.6 Å². The van der Waals surface area contributed by atoms with E-state index in [1.807, 2.05) is 6.26 Å². The van der Waals surface area contributed by atoms with E-state index in [4.69, 9.17) is 5.73 Å². The number of nitrogen functional groups attached to an aromatic ring is 1. The molecule has 0 amide bonds. The highest BCUT2D eigenvalue weighted by Gasteiger charge is 2.51. The van der Waals surface area contributed by atoms with E-state index in [1.54, 1.807) is 4.57 Å². The molecule has 2 aromatic rings. The minimum absolute atomic E-state index is 0.0883. The largest absolute Gasteiger partial charge is 0.396 e. The second kappa shape index (κ2) is 5.11. The van der Waals surface area contributed by atoms with E-state index in [-0.39, 0.29) is 12.0 Å². The Bertz CT molecular complexity index is 672. The molecule has 21 heavy (non-hydrogen) atoms. The number of nitrogens with zero attached hydrogens (tertiary/aromatic N) is 4. The van der Waals surface area contributed by atoms with E-state index in [2.05, 4.69) is 21.9 Å². The Labute approximate surface area is 126 Å². The standard InChI is InChI=1S/C13H19N5O2S/c1-7-3-13(7,5-19)4-8(20)18-6-15-9-10(14)16-12(21-2)17-11(9)18/h6-8,19-20H,3-5H2,1-2H3,(H2,14,16,17)/t7-,8+,13-/m0/s1. The number of nitrogens with two attached hydrogens (primary N) is 1. The SMILES string of the molecule is CSc1nc(N)c2ncn([C@H](O)C[C@]3(CO)C[C@@H]3C)c2n1. The summed E-state index contributed by atoms with van der Waals surface area (Å²) < 4.78 is 1.61. The van der Waals surface area contributed by atoms with Crippen LogP contribution in [0.5, 0.6) is 0 Å². The first-order valence-electron chi connectivity index (χ1n) is 6.83. The zero-order valence-corrected chi connectivity index (χ0v) is 12.8. The fourth-order valence-corrected chi connectivity index (χ4v) is 3.18. The Balaban J connectivity index is 1.95. The Kier molecular flexibility index (Phi) is 3.54. The highest BCUT2D eigenvalue weighted by Crippen LogP contribution is 2.56. The number of fused-ring (bicyclic) bond motifs is 1. The van der Waals surface area contributed by atoms with Gasteiger partial charge in [0.25, 0.3) is 0 Å². The quantitative estimate of drug-likeness (QED) is 0.559. The summed E-state index contributed by atoms with van der Waals surface area (Å²) in [6.07, 6.45) is 4.03. The van der Waals surface area contributed by atoms with E-state index < -0.39 is 6.23 Å². The van der Waals surface area contributed by atoms with Crippen molar-refractivity contribution in [1.82, 2.24) is 19.5 Å². The molecule has 3 rings (SSSR count). The third-order valence-corrected chi connectivity index (χ3v) is 4.98. The molecule has 3 atom stereocenters. The summed E-state index contributed by atoms with van der Waals surface area (Å²) >= 11 is 1.39. The lowest BCUT2D eigenvalue weighted by Crippen LogP contribution is -2.18. The molecule has 8 heteroatoms. The van der Waals surface area contributed by atoms with E-state index in [0.717, 1.165) is 6.42 Å². The highest BCUT2D eigenvalue weighted by molar-refractivity contribution is 7.98. The summed E-state index contributed by atoms with van der Waals surface area (Å²) in [5.41, 5.74) is 6.71. The predicted octanol–water partition coefficient (Wildman–Crippen LogP) is 1.03. The number of aliphatic hydroxyl groups is 2. The summed E-state index contributed by atoms with van der Waals surface area (Å²) in [7, 11) is 0. The van der Waals surface area contributed by atoms with Crippen molar-refractivity contribution in [1.29, 1.82) is 0 Å². The third-order valence-electron chi connectivity index (χ3n) is 4.43. The fourth-order valence-electron chi connectivity index (χ4n) is 2.81. The summed E-state index contributed by atoms with van der Waals surface area (Å²) in [4.78, 5) is 12.7. The summed E-state index contributed by atoms with van der Waals surface area (Å²) in [5.74, 6) is 0.736. The number of thioether (sulfide) groups is 1. The van der Waals surface area contributed by atoms with Gasteiger partial charge in [0.2, 0.25) is 0 Å². The van der Waals surface area contributed by atoms with Gasteiger partial charge in [0.1, 0.15) is 11.7 Å². The number of aromatic nitrogens is 4. The van der Waals surface area contributed by atoms with Crippen molar-refractivity contribution in [2.45, 2.75) is 31.1 Å². The van der Waals surface area contributed by atoms with E-state index >= 15 is 0 Å². The second-order valence-electron chi connectivity index (χ2n) is 5.73. The highest BCUT2D eigenvalue weighted by atomic mass is 32.2. The number of rotatable bonds is 5. The van der Waals surface area contributed by atoms with Gasteiger partial charge >= 0.3 is 0 Å². The maximum Gasteiger partial charge on any atom is 0.191 e. The molecule has 0 spiro atoms. The Morgan fingerprint density at radius 3 is 2.86 bits per heavy atom. The van der Waals surface area contributed by atoms with Crippen LogP contribution in [0, 0.1) is 11.3 Å². The van der Waals surface area contributed by atoms with Crippen LogP contribution in [0.25, 0.3) is 11.2 Å². The molecule has 2 heterocycles. The molecular weight excluding hydrogens is 290 g/mol. The molecule has 0 aliphatic heterocycles. The first-order chi connectivity index (χ1) is 10.0. The molecule has 1 aliphatic rings. The Morgan fingerprint density at radius 2 is 2.29 bits per heavy atom. The van der Waals surface area contributed by atoms with Crippen molar-refractivity contribution in [3.63, 3.8) is 0 Å². The maximum absolute atomic E-state index is 10.5. The van der Waals surface area contributed by atoms with Gasteiger partial charge in [-0.25, -0.2) is 15.0 Å². The van der Waals surface area contributed by atoms with E-state index in [0.29, 0.717) is 34.5 Å². The zero-order chi connectivity index (χ0) is 15.2. The van der Waals surface area contributed by atoms with Crippen molar-refractivity contribution < 1.29 is 10.2 Å². The van der Waals surface area contributed by atoms with Crippen molar-refractivity contribution >= 4 is 28.7 Å². The van der Waals surface area contributed by atoms with Gasteiger partial charge < -0.3 is 15.9 Å². The molecule has 1 fully saturated rings. The lowest BCUT2D eigenvalue weighted by atomic mass is 10.00. The molecule has 114 valence electrons. The summed E-state index contributed by atoms with van der Waals surface area (Å²) in [6, 6.07) is 0. The molecule has 4 N–H and O–H groups in total. The Morgan fingerprint density at radius 1 is 1.57 bits per heavy atom. The molecule has 1 aliphatic carbocycles. The van der Waals surface area contributed by atoms with Crippen LogP contribution < -0.4 is 5.73 Å². The molecule has 2 aromatic heterocycles. The summed E-state index contributed by atoms with van der Waals surface area (Å²) in [6.45, 7) is 2.17. The first kappa shape index (κ1) is 14.6. The minimum Gasteiger partial charge on any atom is -0.396 e. The van der Waals surface area contributed by atoms with Gasteiger partial charge in [0, 0.05) is 18.4 Å². The monoisotopic (exact) mass is 309 g/mol. The van der Waals surface area contributed by atoms with Gasteiger partial charge in [-0.3, -0.25) is 4.57 Å². The number of aliphatic hydroxyl groups excluding tert-OH is 2. The van der Waals surface area contributed by atoms with Crippen LogP contribution in [-0.2, 0) is 0 Å². The van der Waals surface area contributed by atoms with Gasteiger partial charge in [-0.1, -0.05) is 18.7 Å². The van der Waals surface area contributed by atoms with Gasteiger partial charge in [0.05, 0.1) is 6.33 Å². The van der Waals surface area contributed by atoms with Crippen molar-refractivity contribution in [2.75, 3.05) is 18.6 Å². The molecule has 0 saturated heterocycles. The van der Waals surface area contributed by atoms with Gasteiger partial charge in [-0.05, 0) is 18.6 Å². The van der Waals surface area contributed by atoms with Gasteiger partial charge in [-0.2, -0.15) is 0 Å². The zero-order valence-electron chi connectivity index (χ0n) is 12.0. The molecule has 0 unspecified atom stereocenters. The number of imidazole rings is 1. The molecule has 0 bridgehead atoms. The topological polar surface area (TPSA) is 110 Å².